The minimum Gasteiger partial charge on any atom is -0.315 e. The van der Waals surface area contributed by atoms with Crippen LogP contribution in [0.5, 0.6) is 0 Å². The summed E-state index contributed by atoms with van der Waals surface area (Å²) in [6.45, 7) is 4.25. The Morgan fingerprint density at radius 3 is 2.79 bits per heavy atom. The number of hydrogen-bond acceptors (Lipinski definition) is 3. The first-order valence-corrected chi connectivity index (χ1v) is 7.03. The monoisotopic (exact) mass is 259 g/mol. The Kier molecular flexibility index (Phi) is 3.29. The van der Waals surface area contributed by atoms with Gasteiger partial charge in [0.05, 0.1) is 0 Å². The fraction of sp³-hybridized carbons (Fsp3) is 0.533. The van der Waals surface area contributed by atoms with E-state index in [2.05, 4.69) is 35.8 Å². The predicted octanol–water partition coefficient (Wildman–Crippen LogP) is 1.22. The van der Waals surface area contributed by atoms with Gasteiger partial charge in [0.25, 0.3) is 0 Å². The third-order valence-corrected chi connectivity index (χ3v) is 4.26. The summed E-state index contributed by atoms with van der Waals surface area (Å²) in [7, 11) is 1.86. The highest BCUT2D eigenvalue weighted by atomic mass is 16.2. The lowest BCUT2D eigenvalue weighted by atomic mass is 9.93. The van der Waals surface area contributed by atoms with Crippen LogP contribution >= 0.6 is 0 Å². The highest BCUT2D eigenvalue weighted by molar-refractivity contribution is 5.95. The summed E-state index contributed by atoms with van der Waals surface area (Å²) in [5.74, 6) is 0.214. The Hall–Kier alpha value is -1.39. The molecule has 1 amide bonds. The van der Waals surface area contributed by atoms with E-state index in [-0.39, 0.29) is 5.91 Å². The molecule has 2 aliphatic rings. The van der Waals surface area contributed by atoms with Crippen molar-refractivity contribution in [2.24, 2.45) is 0 Å². The number of piperazine rings is 1. The van der Waals surface area contributed by atoms with Crippen LogP contribution in [-0.4, -0.2) is 32.1 Å². The lowest BCUT2D eigenvalue weighted by Crippen LogP contribution is -2.49. The zero-order valence-electron chi connectivity index (χ0n) is 11.6. The van der Waals surface area contributed by atoms with Gasteiger partial charge in [-0.2, -0.15) is 0 Å². The number of carbonyl (C=O) groups excluding carboxylic acids is 1. The maximum absolute atomic E-state index is 11.7. The molecule has 2 heterocycles. The van der Waals surface area contributed by atoms with Gasteiger partial charge in [-0.3, -0.25) is 4.79 Å². The van der Waals surface area contributed by atoms with E-state index in [4.69, 9.17) is 0 Å². The number of nitrogens with zero attached hydrogens (tertiary/aromatic N) is 1. The smallest absolute Gasteiger partial charge is 0.227 e. The van der Waals surface area contributed by atoms with Crippen LogP contribution in [0.3, 0.4) is 0 Å². The Morgan fingerprint density at radius 1 is 1.21 bits per heavy atom. The van der Waals surface area contributed by atoms with Crippen LogP contribution in [-0.2, 0) is 11.2 Å². The lowest BCUT2D eigenvalue weighted by molar-refractivity contribution is -0.118. The standard InChI is InChI=1S/C15H21N3O/c1-10-15(17-8-7-16-10)12-3-5-13-11(9-12)4-6-14(19)18(13)2/h3,5,9-10,15-17H,4,6-8H2,1-2H3. The molecule has 0 saturated carbocycles. The maximum Gasteiger partial charge on any atom is 0.227 e. The van der Waals surface area contributed by atoms with Crippen molar-refractivity contribution < 1.29 is 4.79 Å². The summed E-state index contributed by atoms with van der Waals surface area (Å²) in [5, 5.41) is 7.07. The van der Waals surface area contributed by atoms with Gasteiger partial charge in [0.1, 0.15) is 0 Å². The molecule has 102 valence electrons. The quantitative estimate of drug-likeness (QED) is 0.797. The molecule has 2 atom stereocenters. The summed E-state index contributed by atoms with van der Waals surface area (Å²) in [6.07, 6.45) is 1.49. The second kappa shape index (κ2) is 4.94. The first-order chi connectivity index (χ1) is 9.16. The third-order valence-electron chi connectivity index (χ3n) is 4.26. The Morgan fingerprint density at radius 2 is 2.00 bits per heavy atom. The Labute approximate surface area is 114 Å². The number of nitrogens with one attached hydrogen (secondary N) is 2. The molecule has 0 aliphatic carbocycles. The van der Waals surface area contributed by atoms with E-state index in [1.54, 1.807) is 4.90 Å². The molecule has 2 unspecified atom stereocenters. The molecule has 2 aliphatic heterocycles. The third kappa shape index (κ3) is 2.26. The molecular weight excluding hydrogens is 238 g/mol. The fourth-order valence-corrected chi connectivity index (χ4v) is 3.10. The molecule has 4 nitrogen and oxygen atoms in total. The average molecular weight is 259 g/mol. The Balaban J connectivity index is 1.91. The largest absolute Gasteiger partial charge is 0.315 e. The Bertz CT molecular complexity index is 500. The van der Waals surface area contributed by atoms with E-state index in [1.165, 1.54) is 11.1 Å². The fourth-order valence-electron chi connectivity index (χ4n) is 3.10. The van der Waals surface area contributed by atoms with Gasteiger partial charge in [-0.05, 0) is 30.5 Å². The summed E-state index contributed by atoms with van der Waals surface area (Å²) in [6, 6.07) is 7.30. The number of hydrogen-bond donors (Lipinski definition) is 2. The summed E-state index contributed by atoms with van der Waals surface area (Å²) in [5.41, 5.74) is 3.68. The van der Waals surface area contributed by atoms with Gasteiger partial charge >= 0.3 is 0 Å². The second-order valence-electron chi connectivity index (χ2n) is 5.52. The topological polar surface area (TPSA) is 44.4 Å². The molecule has 1 aromatic carbocycles. The molecule has 19 heavy (non-hydrogen) atoms. The number of rotatable bonds is 1. The minimum atomic E-state index is 0.214. The molecule has 0 radical (unpaired) electrons. The van der Waals surface area contributed by atoms with Gasteiger partial charge in [0.2, 0.25) is 5.91 Å². The van der Waals surface area contributed by atoms with Gasteiger partial charge in [-0.15, -0.1) is 0 Å². The van der Waals surface area contributed by atoms with Crippen LogP contribution in [0.1, 0.15) is 30.5 Å². The van der Waals surface area contributed by atoms with Crippen molar-refractivity contribution in [1.82, 2.24) is 10.6 Å². The number of benzene rings is 1. The van der Waals surface area contributed by atoms with Crippen molar-refractivity contribution in [2.75, 3.05) is 25.0 Å². The summed E-state index contributed by atoms with van der Waals surface area (Å²) < 4.78 is 0. The average Bonchev–Trinajstić information content (AvgIpc) is 2.43. The minimum absolute atomic E-state index is 0.214. The van der Waals surface area contributed by atoms with E-state index in [0.29, 0.717) is 18.5 Å². The van der Waals surface area contributed by atoms with Crippen LogP contribution in [0.2, 0.25) is 0 Å². The van der Waals surface area contributed by atoms with Crippen molar-refractivity contribution in [2.45, 2.75) is 31.8 Å². The highest BCUT2D eigenvalue weighted by Crippen LogP contribution is 2.30. The SMILES string of the molecule is CC1NCCNC1c1ccc2c(c1)CCC(=O)N2C. The van der Waals surface area contributed by atoms with Crippen molar-refractivity contribution in [3.63, 3.8) is 0 Å². The second-order valence-corrected chi connectivity index (χ2v) is 5.52. The number of aryl methyl sites for hydroxylation is 1. The van der Waals surface area contributed by atoms with E-state index in [0.717, 1.165) is 25.2 Å². The number of fused-ring (bicyclic) bond motifs is 1. The molecule has 2 N–H and O–H groups in total. The van der Waals surface area contributed by atoms with Gasteiger partial charge in [0.15, 0.2) is 0 Å². The molecule has 1 fully saturated rings. The normalized spacial score (nSPS) is 27.3. The molecule has 0 bridgehead atoms. The zero-order valence-corrected chi connectivity index (χ0v) is 11.6. The molecule has 4 heteroatoms. The van der Waals surface area contributed by atoms with Crippen molar-refractivity contribution >= 4 is 11.6 Å². The molecular formula is C15H21N3O. The van der Waals surface area contributed by atoms with Crippen molar-refractivity contribution in [3.8, 4) is 0 Å². The van der Waals surface area contributed by atoms with Crippen LogP contribution < -0.4 is 15.5 Å². The molecule has 1 aromatic rings. The number of amides is 1. The van der Waals surface area contributed by atoms with Gasteiger partial charge < -0.3 is 15.5 Å². The zero-order chi connectivity index (χ0) is 13.4. The predicted molar refractivity (Wildman–Crippen MR) is 76.4 cm³/mol. The van der Waals surface area contributed by atoms with Crippen LogP contribution in [0, 0.1) is 0 Å². The number of carbonyl (C=O) groups is 1. The first-order valence-electron chi connectivity index (χ1n) is 7.03. The molecule has 0 aromatic heterocycles. The van der Waals surface area contributed by atoms with Crippen LogP contribution in [0.4, 0.5) is 5.69 Å². The highest BCUT2D eigenvalue weighted by Gasteiger charge is 2.25. The van der Waals surface area contributed by atoms with Crippen LogP contribution in [0.25, 0.3) is 0 Å². The van der Waals surface area contributed by atoms with E-state index >= 15 is 0 Å². The molecule has 1 saturated heterocycles. The van der Waals surface area contributed by atoms with Gasteiger partial charge in [-0.25, -0.2) is 0 Å². The van der Waals surface area contributed by atoms with Crippen LogP contribution in [0.15, 0.2) is 18.2 Å². The van der Waals surface area contributed by atoms with Crippen molar-refractivity contribution in [1.29, 1.82) is 0 Å². The molecule has 3 rings (SSSR count). The molecule has 0 spiro atoms. The van der Waals surface area contributed by atoms with Crippen molar-refractivity contribution in [3.05, 3.63) is 29.3 Å². The van der Waals surface area contributed by atoms with E-state index in [1.807, 2.05) is 7.05 Å². The van der Waals surface area contributed by atoms with E-state index < -0.39 is 0 Å². The lowest BCUT2D eigenvalue weighted by Gasteiger charge is -2.33. The van der Waals surface area contributed by atoms with Gasteiger partial charge in [0, 0.05) is 44.3 Å². The number of anilines is 1. The first kappa shape index (κ1) is 12.6. The van der Waals surface area contributed by atoms with E-state index in [9.17, 15) is 4.79 Å². The maximum atomic E-state index is 11.7. The summed E-state index contributed by atoms with van der Waals surface area (Å²) in [4.78, 5) is 13.5. The van der Waals surface area contributed by atoms with Gasteiger partial charge in [-0.1, -0.05) is 12.1 Å². The summed E-state index contributed by atoms with van der Waals surface area (Å²) >= 11 is 0.